The maximum absolute atomic E-state index is 13.2. The molecular weight excluding hydrogens is 408 g/mol. The SMILES string of the molecule is COc1ccc(OC)c(/C(O)=C2\C(=O)C(=O)N(c3ccc(C)cc3)C2c2ccncc2)c1. The molecule has 1 aliphatic heterocycles. The number of aryl methyl sites for hydroxylation is 1. The summed E-state index contributed by atoms with van der Waals surface area (Å²) < 4.78 is 10.7. The first-order valence-electron chi connectivity index (χ1n) is 9.96. The zero-order valence-corrected chi connectivity index (χ0v) is 17.9. The van der Waals surface area contributed by atoms with E-state index in [1.165, 1.54) is 19.1 Å². The van der Waals surface area contributed by atoms with Crippen LogP contribution in [0.5, 0.6) is 11.5 Å². The molecule has 4 rings (SSSR count). The number of hydrogen-bond donors (Lipinski definition) is 1. The Bertz CT molecular complexity index is 1200. The molecule has 3 aromatic rings. The van der Waals surface area contributed by atoms with Gasteiger partial charge in [0.2, 0.25) is 0 Å². The van der Waals surface area contributed by atoms with Crippen LogP contribution in [0.1, 0.15) is 22.7 Å². The summed E-state index contributed by atoms with van der Waals surface area (Å²) in [6.07, 6.45) is 3.16. The molecule has 7 nitrogen and oxygen atoms in total. The van der Waals surface area contributed by atoms with Gasteiger partial charge in [0.1, 0.15) is 17.3 Å². The number of rotatable bonds is 5. The van der Waals surface area contributed by atoms with Crippen molar-refractivity contribution in [2.75, 3.05) is 19.1 Å². The van der Waals surface area contributed by atoms with Crippen LogP contribution in [0, 0.1) is 6.92 Å². The average molecular weight is 430 g/mol. The Morgan fingerprint density at radius 1 is 0.969 bits per heavy atom. The molecule has 1 aromatic heterocycles. The third-order valence-electron chi connectivity index (χ3n) is 5.44. The first kappa shape index (κ1) is 21.1. The number of carbonyl (C=O) groups is 2. The van der Waals surface area contributed by atoms with E-state index >= 15 is 0 Å². The predicted molar refractivity (Wildman–Crippen MR) is 120 cm³/mol. The summed E-state index contributed by atoms with van der Waals surface area (Å²) in [5.74, 6) is -1.02. The summed E-state index contributed by atoms with van der Waals surface area (Å²) in [7, 11) is 2.96. The van der Waals surface area contributed by atoms with Crippen LogP contribution in [0.15, 0.2) is 72.6 Å². The molecule has 1 aliphatic rings. The molecule has 1 unspecified atom stereocenters. The van der Waals surface area contributed by atoms with E-state index in [0.29, 0.717) is 22.7 Å². The first-order chi connectivity index (χ1) is 15.5. The Morgan fingerprint density at radius 3 is 2.28 bits per heavy atom. The molecule has 1 N–H and O–H groups in total. The third-order valence-corrected chi connectivity index (χ3v) is 5.44. The summed E-state index contributed by atoms with van der Waals surface area (Å²) in [4.78, 5) is 31.8. The monoisotopic (exact) mass is 430 g/mol. The van der Waals surface area contributed by atoms with Gasteiger partial charge < -0.3 is 14.6 Å². The molecule has 0 bridgehead atoms. The highest BCUT2D eigenvalue weighted by Crippen LogP contribution is 2.43. The molecule has 32 heavy (non-hydrogen) atoms. The number of aromatic nitrogens is 1. The van der Waals surface area contributed by atoms with Gasteiger partial charge in [-0.15, -0.1) is 0 Å². The van der Waals surface area contributed by atoms with Gasteiger partial charge >= 0.3 is 0 Å². The lowest BCUT2D eigenvalue weighted by atomic mass is 9.95. The summed E-state index contributed by atoms with van der Waals surface area (Å²) >= 11 is 0. The highest BCUT2D eigenvalue weighted by molar-refractivity contribution is 6.51. The second-order valence-corrected chi connectivity index (χ2v) is 7.35. The van der Waals surface area contributed by atoms with E-state index in [1.54, 1.807) is 54.9 Å². The van der Waals surface area contributed by atoms with Gasteiger partial charge in [0.15, 0.2) is 0 Å². The quantitative estimate of drug-likeness (QED) is 0.373. The number of nitrogens with zero attached hydrogens (tertiary/aromatic N) is 2. The summed E-state index contributed by atoms with van der Waals surface area (Å²) in [5, 5.41) is 11.3. The van der Waals surface area contributed by atoms with Crippen LogP contribution in [0.4, 0.5) is 5.69 Å². The lowest BCUT2D eigenvalue weighted by Crippen LogP contribution is -2.29. The molecular formula is C25H22N2O5. The van der Waals surface area contributed by atoms with E-state index in [2.05, 4.69) is 4.98 Å². The van der Waals surface area contributed by atoms with Gasteiger partial charge in [0.05, 0.1) is 31.4 Å². The van der Waals surface area contributed by atoms with Crippen LogP contribution in [0.25, 0.3) is 5.76 Å². The molecule has 0 radical (unpaired) electrons. The molecule has 0 saturated carbocycles. The van der Waals surface area contributed by atoms with Gasteiger partial charge in [0.25, 0.3) is 11.7 Å². The molecule has 1 fully saturated rings. The number of amides is 1. The summed E-state index contributed by atoms with van der Waals surface area (Å²) in [6.45, 7) is 1.94. The number of hydrogen-bond acceptors (Lipinski definition) is 6. The Kier molecular flexibility index (Phi) is 5.64. The summed E-state index contributed by atoms with van der Waals surface area (Å²) in [6, 6.07) is 14.8. The molecule has 1 atom stereocenters. The first-order valence-corrected chi connectivity index (χ1v) is 9.96. The van der Waals surface area contributed by atoms with E-state index < -0.39 is 17.7 Å². The fourth-order valence-corrected chi connectivity index (χ4v) is 3.81. The van der Waals surface area contributed by atoms with Crippen LogP contribution < -0.4 is 14.4 Å². The van der Waals surface area contributed by atoms with E-state index in [4.69, 9.17) is 9.47 Å². The fourth-order valence-electron chi connectivity index (χ4n) is 3.81. The second kappa shape index (κ2) is 8.55. The summed E-state index contributed by atoms with van der Waals surface area (Å²) in [5.41, 5.74) is 2.44. The molecule has 0 spiro atoms. The highest BCUT2D eigenvalue weighted by Gasteiger charge is 2.47. The van der Waals surface area contributed by atoms with E-state index in [0.717, 1.165) is 5.56 Å². The van der Waals surface area contributed by atoms with Crippen LogP contribution in [0.3, 0.4) is 0 Å². The van der Waals surface area contributed by atoms with Gasteiger partial charge in [0, 0.05) is 18.1 Å². The number of aliphatic hydroxyl groups excluding tert-OH is 1. The Balaban J connectivity index is 1.97. The van der Waals surface area contributed by atoms with Crippen molar-refractivity contribution in [1.82, 2.24) is 4.98 Å². The number of carbonyl (C=O) groups excluding carboxylic acids is 2. The molecule has 162 valence electrons. The van der Waals surface area contributed by atoms with E-state index in [-0.39, 0.29) is 16.9 Å². The highest BCUT2D eigenvalue weighted by atomic mass is 16.5. The molecule has 1 saturated heterocycles. The Hall–Kier alpha value is -4.13. The topological polar surface area (TPSA) is 89.0 Å². The minimum Gasteiger partial charge on any atom is -0.507 e. The van der Waals surface area contributed by atoms with Crippen LogP contribution in [-0.2, 0) is 9.59 Å². The van der Waals surface area contributed by atoms with E-state index in [1.807, 2.05) is 19.1 Å². The minimum absolute atomic E-state index is 0.0340. The number of aliphatic hydroxyl groups is 1. The zero-order chi connectivity index (χ0) is 22.8. The number of pyridine rings is 1. The van der Waals surface area contributed by atoms with Gasteiger partial charge in [-0.3, -0.25) is 19.5 Å². The fraction of sp³-hybridized carbons (Fsp3) is 0.160. The van der Waals surface area contributed by atoms with Crippen molar-refractivity contribution >= 4 is 23.1 Å². The van der Waals surface area contributed by atoms with Gasteiger partial charge in [-0.05, 0) is 55.0 Å². The molecule has 0 aliphatic carbocycles. The number of benzene rings is 2. The molecule has 2 aromatic carbocycles. The number of ketones is 1. The Morgan fingerprint density at radius 2 is 1.66 bits per heavy atom. The van der Waals surface area contributed by atoms with Crippen LogP contribution in [0.2, 0.25) is 0 Å². The second-order valence-electron chi connectivity index (χ2n) is 7.35. The van der Waals surface area contributed by atoms with E-state index in [9.17, 15) is 14.7 Å². The maximum Gasteiger partial charge on any atom is 0.300 e. The number of methoxy groups -OCH3 is 2. The largest absolute Gasteiger partial charge is 0.507 e. The van der Waals surface area contributed by atoms with Crippen molar-refractivity contribution in [3.63, 3.8) is 0 Å². The normalized spacial score (nSPS) is 17.5. The number of ether oxygens (including phenoxy) is 2. The molecule has 7 heteroatoms. The van der Waals surface area contributed by atoms with Crippen molar-refractivity contribution in [1.29, 1.82) is 0 Å². The average Bonchev–Trinajstić information content (AvgIpc) is 3.09. The number of Topliss-reactive ketones (excluding diaryl/α,β-unsaturated/α-hetero) is 1. The zero-order valence-electron chi connectivity index (χ0n) is 17.9. The van der Waals surface area contributed by atoms with Gasteiger partial charge in [-0.2, -0.15) is 0 Å². The van der Waals surface area contributed by atoms with Crippen LogP contribution in [-0.4, -0.2) is 36.0 Å². The molecule has 2 heterocycles. The van der Waals surface area contributed by atoms with Crippen molar-refractivity contribution in [3.8, 4) is 11.5 Å². The maximum atomic E-state index is 13.2. The van der Waals surface area contributed by atoms with Crippen molar-refractivity contribution in [2.24, 2.45) is 0 Å². The number of anilines is 1. The Labute approximate surface area is 185 Å². The van der Waals surface area contributed by atoms with Gasteiger partial charge in [-0.25, -0.2) is 0 Å². The van der Waals surface area contributed by atoms with Crippen molar-refractivity contribution in [3.05, 3.63) is 89.3 Å². The predicted octanol–water partition coefficient (Wildman–Crippen LogP) is 4.03. The van der Waals surface area contributed by atoms with Crippen LogP contribution >= 0.6 is 0 Å². The smallest absolute Gasteiger partial charge is 0.300 e. The molecule has 1 amide bonds. The van der Waals surface area contributed by atoms with Crippen molar-refractivity contribution < 1.29 is 24.2 Å². The van der Waals surface area contributed by atoms with Crippen molar-refractivity contribution in [2.45, 2.75) is 13.0 Å². The lowest BCUT2D eigenvalue weighted by molar-refractivity contribution is -0.132. The van der Waals surface area contributed by atoms with Gasteiger partial charge in [-0.1, -0.05) is 17.7 Å². The third kappa shape index (κ3) is 3.58. The standard InChI is InChI=1S/C25H22N2O5/c1-15-4-6-17(7-5-15)27-22(16-10-12-26-13-11-16)21(24(29)25(27)30)23(28)19-14-18(31-2)8-9-20(19)32-3/h4-14,22,28H,1-3H3/b23-21+. The minimum atomic E-state index is -0.836. The lowest BCUT2D eigenvalue weighted by Gasteiger charge is -2.25.